The Bertz CT molecular complexity index is 273. The molecule has 17 heavy (non-hydrogen) atoms. The van der Waals surface area contributed by atoms with E-state index in [1.54, 1.807) is 13.8 Å². The maximum atomic E-state index is 11.6. The summed E-state index contributed by atoms with van der Waals surface area (Å²) in [5.74, 6) is -0.757. The molecule has 1 saturated heterocycles. The van der Waals surface area contributed by atoms with Crippen LogP contribution < -0.4 is 0 Å². The average molecular weight is 245 g/mol. The Morgan fingerprint density at radius 2 is 2.24 bits per heavy atom. The van der Waals surface area contributed by atoms with Gasteiger partial charge in [0, 0.05) is 17.4 Å². The van der Waals surface area contributed by atoms with Crippen LogP contribution in [0.25, 0.3) is 0 Å². The third kappa shape index (κ3) is 4.40. The number of Topliss-reactive ketones (excluding diaryl/α,β-unsaturated/α-hetero) is 1. The van der Waals surface area contributed by atoms with Gasteiger partial charge in [-0.05, 0) is 19.3 Å². The molecule has 6 heteroatoms. The van der Waals surface area contributed by atoms with Crippen molar-refractivity contribution in [3.05, 3.63) is 10.1 Å². The van der Waals surface area contributed by atoms with Crippen LogP contribution in [0, 0.1) is 16.0 Å². The average Bonchev–Trinajstić information content (AvgIpc) is 2.29. The second kappa shape index (κ2) is 6.66. The molecule has 0 aromatic carbocycles. The van der Waals surface area contributed by atoms with Crippen LogP contribution in [-0.2, 0) is 14.3 Å². The standard InChI is InChI=1S/C11H19NO5/c1-8(2)11(13)9(12(14)15)7-17-10-5-3-4-6-16-10/h8-10H,3-7H2,1-2H3. The molecule has 0 aromatic heterocycles. The third-order valence-corrected chi connectivity index (χ3v) is 2.73. The van der Waals surface area contributed by atoms with E-state index < -0.39 is 23.0 Å². The molecule has 0 saturated carbocycles. The van der Waals surface area contributed by atoms with E-state index in [0.29, 0.717) is 6.61 Å². The predicted molar refractivity (Wildman–Crippen MR) is 60.2 cm³/mol. The summed E-state index contributed by atoms with van der Waals surface area (Å²) in [7, 11) is 0. The van der Waals surface area contributed by atoms with Gasteiger partial charge in [0.2, 0.25) is 5.78 Å². The van der Waals surface area contributed by atoms with Gasteiger partial charge in [-0.2, -0.15) is 0 Å². The van der Waals surface area contributed by atoms with Gasteiger partial charge >= 0.3 is 0 Å². The van der Waals surface area contributed by atoms with Gasteiger partial charge in [0.05, 0.1) is 0 Å². The molecule has 0 aromatic rings. The molecule has 6 nitrogen and oxygen atoms in total. The SMILES string of the molecule is CC(C)C(=O)C(COC1CCCCO1)[N+](=O)[O-]. The second-order valence-corrected chi connectivity index (χ2v) is 4.49. The lowest BCUT2D eigenvalue weighted by Gasteiger charge is -2.23. The van der Waals surface area contributed by atoms with Gasteiger partial charge in [0.1, 0.15) is 6.61 Å². The number of hydrogen-bond acceptors (Lipinski definition) is 5. The molecular weight excluding hydrogens is 226 g/mol. The highest BCUT2D eigenvalue weighted by Crippen LogP contribution is 2.15. The van der Waals surface area contributed by atoms with Crippen molar-refractivity contribution in [2.75, 3.05) is 13.2 Å². The van der Waals surface area contributed by atoms with E-state index in [0.717, 1.165) is 19.3 Å². The highest BCUT2D eigenvalue weighted by atomic mass is 16.7. The van der Waals surface area contributed by atoms with E-state index in [-0.39, 0.29) is 12.5 Å². The van der Waals surface area contributed by atoms with Gasteiger partial charge in [-0.3, -0.25) is 14.9 Å². The first-order chi connectivity index (χ1) is 8.02. The lowest BCUT2D eigenvalue weighted by atomic mass is 10.0. The summed E-state index contributed by atoms with van der Waals surface area (Å²) >= 11 is 0. The zero-order valence-electron chi connectivity index (χ0n) is 10.3. The topological polar surface area (TPSA) is 78.7 Å². The first-order valence-corrected chi connectivity index (χ1v) is 5.92. The summed E-state index contributed by atoms with van der Waals surface area (Å²) < 4.78 is 10.6. The van der Waals surface area contributed by atoms with Crippen LogP contribution in [0.4, 0.5) is 0 Å². The van der Waals surface area contributed by atoms with E-state index in [2.05, 4.69) is 0 Å². The number of nitrogens with zero attached hydrogens (tertiary/aromatic N) is 1. The Labute approximate surface area is 100 Å². The Kier molecular flexibility index (Phi) is 5.50. The monoisotopic (exact) mass is 245 g/mol. The zero-order valence-corrected chi connectivity index (χ0v) is 10.3. The summed E-state index contributed by atoms with van der Waals surface area (Å²) in [6.07, 6.45) is 2.32. The van der Waals surface area contributed by atoms with Crippen LogP contribution in [0.1, 0.15) is 33.1 Å². The fourth-order valence-electron chi connectivity index (χ4n) is 1.67. The molecule has 1 heterocycles. The van der Waals surface area contributed by atoms with E-state index >= 15 is 0 Å². The van der Waals surface area contributed by atoms with Crippen LogP contribution in [0.5, 0.6) is 0 Å². The van der Waals surface area contributed by atoms with Gasteiger partial charge < -0.3 is 9.47 Å². The smallest absolute Gasteiger partial charge is 0.293 e. The van der Waals surface area contributed by atoms with Crippen molar-refractivity contribution in [2.45, 2.75) is 45.4 Å². The quantitative estimate of drug-likeness (QED) is 0.522. The molecule has 0 amide bonds. The van der Waals surface area contributed by atoms with Gasteiger partial charge in [-0.25, -0.2) is 0 Å². The van der Waals surface area contributed by atoms with Crippen molar-refractivity contribution in [3.63, 3.8) is 0 Å². The van der Waals surface area contributed by atoms with Crippen LogP contribution >= 0.6 is 0 Å². The molecule has 2 atom stereocenters. The number of carbonyl (C=O) groups is 1. The number of ketones is 1. The fraction of sp³-hybridized carbons (Fsp3) is 0.909. The third-order valence-electron chi connectivity index (χ3n) is 2.73. The lowest BCUT2D eigenvalue weighted by Crippen LogP contribution is -2.39. The molecule has 0 bridgehead atoms. The number of rotatable bonds is 6. The minimum Gasteiger partial charge on any atom is -0.353 e. The van der Waals surface area contributed by atoms with Gasteiger partial charge in [0.25, 0.3) is 6.04 Å². The number of nitro groups is 1. The summed E-state index contributed by atoms with van der Waals surface area (Å²) in [5.41, 5.74) is 0. The number of ether oxygens (including phenoxy) is 2. The molecule has 0 radical (unpaired) electrons. The first-order valence-electron chi connectivity index (χ1n) is 5.92. The van der Waals surface area contributed by atoms with Gasteiger partial charge in [0.15, 0.2) is 6.29 Å². The summed E-state index contributed by atoms with van der Waals surface area (Å²) in [6, 6.07) is -1.28. The molecule has 0 aliphatic carbocycles. The normalized spacial score (nSPS) is 22.4. The summed E-state index contributed by atoms with van der Waals surface area (Å²) in [5, 5.41) is 10.8. The van der Waals surface area contributed by atoms with Crippen LogP contribution in [0.3, 0.4) is 0 Å². The number of hydrogen-bond donors (Lipinski definition) is 0. The first kappa shape index (κ1) is 14.1. The Balaban J connectivity index is 2.44. The molecular formula is C11H19NO5. The van der Waals surface area contributed by atoms with E-state index in [9.17, 15) is 14.9 Å². The second-order valence-electron chi connectivity index (χ2n) is 4.49. The highest BCUT2D eigenvalue weighted by Gasteiger charge is 2.33. The van der Waals surface area contributed by atoms with Crippen molar-refractivity contribution in [1.82, 2.24) is 0 Å². The minimum absolute atomic E-state index is 0.200. The largest absolute Gasteiger partial charge is 0.353 e. The van der Waals surface area contributed by atoms with Crippen molar-refractivity contribution in [3.8, 4) is 0 Å². The van der Waals surface area contributed by atoms with E-state index in [1.807, 2.05) is 0 Å². The maximum Gasteiger partial charge on any atom is 0.293 e. The van der Waals surface area contributed by atoms with Crippen molar-refractivity contribution < 1.29 is 19.2 Å². The van der Waals surface area contributed by atoms with E-state index in [1.165, 1.54) is 0 Å². The molecule has 1 aliphatic heterocycles. The van der Waals surface area contributed by atoms with Crippen molar-refractivity contribution in [1.29, 1.82) is 0 Å². The predicted octanol–water partition coefficient (Wildman–Crippen LogP) is 1.40. The fourth-order valence-corrected chi connectivity index (χ4v) is 1.67. The summed E-state index contributed by atoms with van der Waals surface area (Å²) in [4.78, 5) is 21.8. The molecule has 98 valence electrons. The Morgan fingerprint density at radius 3 is 2.71 bits per heavy atom. The van der Waals surface area contributed by atoms with Crippen molar-refractivity contribution >= 4 is 5.78 Å². The molecule has 2 unspecified atom stereocenters. The van der Waals surface area contributed by atoms with Gasteiger partial charge in [-0.1, -0.05) is 13.8 Å². The highest BCUT2D eigenvalue weighted by molar-refractivity contribution is 5.84. The Hall–Kier alpha value is -1.01. The van der Waals surface area contributed by atoms with Crippen LogP contribution in [0.2, 0.25) is 0 Å². The Morgan fingerprint density at radius 1 is 1.53 bits per heavy atom. The number of carbonyl (C=O) groups excluding carboxylic acids is 1. The summed E-state index contributed by atoms with van der Waals surface area (Å²) in [6.45, 7) is 3.71. The minimum atomic E-state index is -1.28. The van der Waals surface area contributed by atoms with Crippen LogP contribution in [0.15, 0.2) is 0 Å². The zero-order chi connectivity index (χ0) is 12.8. The molecule has 1 fully saturated rings. The van der Waals surface area contributed by atoms with E-state index in [4.69, 9.17) is 9.47 Å². The lowest BCUT2D eigenvalue weighted by molar-refractivity contribution is -0.513. The van der Waals surface area contributed by atoms with Crippen molar-refractivity contribution in [2.24, 2.45) is 5.92 Å². The molecule has 1 rings (SSSR count). The van der Waals surface area contributed by atoms with Gasteiger partial charge in [-0.15, -0.1) is 0 Å². The molecule has 1 aliphatic rings. The molecule has 0 N–H and O–H groups in total. The molecule has 0 spiro atoms. The van der Waals surface area contributed by atoms with Crippen LogP contribution in [-0.4, -0.2) is 36.3 Å². The maximum absolute atomic E-state index is 11.6.